The third kappa shape index (κ3) is 5.91. The van der Waals surface area contributed by atoms with Crippen LogP contribution >= 0.6 is 35.3 Å². The molecule has 0 aliphatic heterocycles. The largest absolute Gasteiger partial charge is 0.493 e. The van der Waals surface area contributed by atoms with E-state index in [0.717, 1.165) is 18.1 Å². The van der Waals surface area contributed by atoms with Gasteiger partial charge in [-0.15, -0.1) is 35.3 Å². The molecule has 2 N–H and O–H groups in total. The fraction of sp³-hybridized carbons (Fsp3) is 0.450. The topological polar surface area (TPSA) is 64.1 Å². The molecule has 0 aliphatic rings. The van der Waals surface area contributed by atoms with E-state index in [1.807, 2.05) is 12.1 Å². The smallest absolute Gasteiger partial charge is 0.203 e. The second kappa shape index (κ2) is 11.4. The van der Waals surface area contributed by atoms with Gasteiger partial charge in [0.15, 0.2) is 17.5 Å². The summed E-state index contributed by atoms with van der Waals surface area (Å²) in [7, 11) is 6.60. The van der Waals surface area contributed by atoms with Crippen LogP contribution in [-0.2, 0) is 12.0 Å². The first-order chi connectivity index (χ1) is 13.0. The summed E-state index contributed by atoms with van der Waals surface area (Å²) in [5.41, 5.74) is 0.975. The Balaban J connectivity index is 0.00000392. The third-order valence-electron chi connectivity index (χ3n) is 4.34. The molecule has 2 rings (SSSR count). The maximum Gasteiger partial charge on any atom is 0.203 e. The summed E-state index contributed by atoms with van der Waals surface area (Å²) in [5.74, 6) is 2.61. The Kier molecular flexibility index (Phi) is 9.88. The number of aliphatic imine (C=N–C) groups is 1. The van der Waals surface area contributed by atoms with Gasteiger partial charge in [-0.25, -0.2) is 0 Å². The molecular weight excluding hydrogens is 489 g/mol. The van der Waals surface area contributed by atoms with Crippen LogP contribution in [0.5, 0.6) is 17.2 Å². The molecule has 0 atom stereocenters. The van der Waals surface area contributed by atoms with Gasteiger partial charge in [-0.1, -0.05) is 19.9 Å². The predicted octanol–water partition coefficient (Wildman–Crippen LogP) is 4.03. The number of nitrogens with one attached hydrogen (secondary N) is 2. The number of hydrogen-bond donors (Lipinski definition) is 2. The number of guanidine groups is 1. The standard InChI is InChI=1S/C20H29N3O3S.HI/c1-20(2,16-8-7-11-27-16)13-23-19(21-3)22-12-14-9-10-15(24-4)18(26-6)17(14)25-5;/h7-11H,12-13H2,1-6H3,(H2,21,22,23);1H. The van der Waals surface area contributed by atoms with Gasteiger partial charge in [0.25, 0.3) is 0 Å². The monoisotopic (exact) mass is 519 g/mol. The lowest BCUT2D eigenvalue weighted by Crippen LogP contribution is -2.43. The Morgan fingerprint density at radius 2 is 1.75 bits per heavy atom. The molecule has 2 aromatic rings. The summed E-state index contributed by atoms with van der Waals surface area (Å²) < 4.78 is 16.3. The van der Waals surface area contributed by atoms with Gasteiger partial charge in [0.05, 0.1) is 21.3 Å². The minimum absolute atomic E-state index is 0. The van der Waals surface area contributed by atoms with Crippen molar-refractivity contribution in [3.8, 4) is 17.2 Å². The van der Waals surface area contributed by atoms with Crippen molar-refractivity contribution < 1.29 is 14.2 Å². The Morgan fingerprint density at radius 3 is 2.29 bits per heavy atom. The lowest BCUT2D eigenvalue weighted by Gasteiger charge is -2.25. The average molecular weight is 519 g/mol. The van der Waals surface area contributed by atoms with Crippen LogP contribution in [0.1, 0.15) is 24.3 Å². The van der Waals surface area contributed by atoms with E-state index in [-0.39, 0.29) is 29.4 Å². The lowest BCUT2D eigenvalue weighted by molar-refractivity contribution is 0.322. The number of methoxy groups -OCH3 is 3. The van der Waals surface area contributed by atoms with Crippen LogP contribution in [0.2, 0.25) is 0 Å². The van der Waals surface area contributed by atoms with E-state index in [9.17, 15) is 0 Å². The number of rotatable bonds is 8. The van der Waals surface area contributed by atoms with E-state index in [1.165, 1.54) is 4.88 Å². The zero-order chi connectivity index (χ0) is 19.9. The summed E-state index contributed by atoms with van der Waals surface area (Å²) in [5, 5.41) is 8.84. The number of halogens is 1. The Hall–Kier alpha value is -1.68. The van der Waals surface area contributed by atoms with E-state index in [4.69, 9.17) is 14.2 Å². The van der Waals surface area contributed by atoms with Crippen molar-refractivity contribution in [3.63, 3.8) is 0 Å². The Bertz CT molecular complexity index is 764. The van der Waals surface area contributed by atoms with Gasteiger partial charge in [0.2, 0.25) is 5.75 Å². The van der Waals surface area contributed by atoms with Crippen molar-refractivity contribution in [2.75, 3.05) is 34.9 Å². The molecule has 0 unspecified atom stereocenters. The van der Waals surface area contributed by atoms with Crippen LogP contribution in [0.25, 0.3) is 0 Å². The van der Waals surface area contributed by atoms with Gasteiger partial charge in [-0.2, -0.15) is 0 Å². The van der Waals surface area contributed by atoms with E-state index in [2.05, 4.69) is 47.0 Å². The van der Waals surface area contributed by atoms with Crippen LogP contribution in [-0.4, -0.2) is 40.9 Å². The molecule has 0 saturated heterocycles. The number of benzene rings is 1. The van der Waals surface area contributed by atoms with Crippen LogP contribution in [0.3, 0.4) is 0 Å². The molecular formula is C20H30IN3O3S. The molecule has 156 valence electrons. The van der Waals surface area contributed by atoms with Crippen molar-refractivity contribution >= 4 is 41.3 Å². The molecule has 0 fully saturated rings. The fourth-order valence-electron chi connectivity index (χ4n) is 2.76. The number of nitrogens with zero attached hydrogens (tertiary/aromatic N) is 1. The van der Waals surface area contributed by atoms with Crippen molar-refractivity contribution in [1.29, 1.82) is 0 Å². The van der Waals surface area contributed by atoms with Crippen molar-refractivity contribution in [2.24, 2.45) is 4.99 Å². The van der Waals surface area contributed by atoms with Gasteiger partial charge in [-0.05, 0) is 23.6 Å². The summed E-state index contributed by atoms with van der Waals surface area (Å²) in [6.45, 7) is 5.76. The second-order valence-corrected chi connectivity index (χ2v) is 7.58. The summed E-state index contributed by atoms with van der Waals surface area (Å²) in [4.78, 5) is 5.66. The summed E-state index contributed by atoms with van der Waals surface area (Å²) in [6, 6.07) is 8.07. The van der Waals surface area contributed by atoms with Crippen LogP contribution < -0.4 is 24.8 Å². The molecule has 28 heavy (non-hydrogen) atoms. The zero-order valence-corrected chi connectivity index (χ0v) is 20.4. The van der Waals surface area contributed by atoms with E-state index in [0.29, 0.717) is 23.8 Å². The van der Waals surface area contributed by atoms with Crippen molar-refractivity contribution in [1.82, 2.24) is 10.6 Å². The molecule has 0 aliphatic carbocycles. The predicted molar refractivity (Wildman–Crippen MR) is 127 cm³/mol. The highest BCUT2D eigenvalue weighted by molar-refractivity contribution is 14.0. The van der Waals surface area contributed by atoms with Crippen LogP contribution in [0.4, 0.5) is 0 Å². The number of thiophene rings is 1. The second-order valence-electron chi connectivity index (χ2n) is 6.63. The molecule has 8 heteroatoms. The maximum atomic E-state index is 5.54. The minimum atomic E-state index is 0. The first-order valence-electron chi connectivity index (χ1n) is 8.73. The van der Waals surface area contributed by atoms with Gasteiger partial charge in [0.1, 0.15) is 0 Å². The molecule has 0 saturated carbocycles. The molecule has 0 amide bonds. The first-order valence-corrected chi connectivity index (χ1v) is 9.61. The SMILES string of the molecule is CN=C(NCc1ccc(OC)c(OC)c1OC)NCC(C)(C)c1cccs1.I. The zero-order valence-electron chi connectivity index (χ0n) is 17.3. The van der Waals surface area contributed by atoms with E-state index < -0.39 is 0 Å². The highest BCUT2D eigenvalue weighted by atomic mass is 127. The van der Waals surface area contributed by atoms with E-state index >= 15 is 0 Å². The number of hydrogen-bond acceptors (Lipinski definition) is 5. The normalized spacial score (nSPS) is 11.4. The Labute approximate surface area is 188 Å². The highest BCUT2D eigenvalue weighted by Crippen LogP contribution is 2.39. The third-order valence-corrected chi connectivity index (χ3v) is 5.58. The molecule has 1 heterocycles. The van der Waals surface area contributed by atoms with Gasteiger partial charge >= 0.3 is 0 Å². The molecule has 0 spiro atoms. The Morgan fingerprint density at radius 1 is 1.04 bits per heavy atom. The minimum Gasteiger partial charge on any atom is -0.493 e. The van der Waals surface area contributed by atoms with Crippen molar-refractivity contribution in [3.05, 3.63) is 40.1 Å². The first kappa shape index (κ1) is 24.4. The van der Waals surface area contributed by atoms with E-state index in [1.54, 1.807) is 39.7 Å². The maximum absolute atomic E-state index is 5.54. The highest BCUT2D eigenvalue weighted by Gasteiger charge is 2.22. The van der Waals surface area contributed by atoms with Gasteiger partial charge < -0.3 is 24.8 Å². The average Bonchev–Trinajstić information content (AvgIpc) is 3.23. The quantitative estimate of drug-likeness (QED) is 0.313. The van der Waals surface area contributed by atoms with Gasteiger partial charge in [0, 0.05) is 36.0 Å². The van der Waals surface area contributed by atoms with Crippen molar-refractivity contribution in [2.45, 2.75) is 25.8 Å². The summed E-state index contributed by atoms with van der Waals surface area (Å²) >= 11 is 1.77. The molecule has 0 radical (unpaired) electrons. The van der Waals surface area contributed by atoms with Crippen LogP contribution in [0.15, 0.2) is 34.6 Å². The molecule has 1 aromatic heterocycles. The summed E-state index contributed by atoms with van der Waals surface area (Å²) in [6.07, 6.45) is 0. The lowest BCUT2D eigenvalue weighted by atomic mass is 9.91. The fourth-order valence-corrected chi connectivity index (χ4v) is 3.61. The molecule has 0 bridgehead atoms. The molecule has 6 nitrogen and oxygen atoms in total. The van der Waals surface area contributed by atoms with Gasteiger partial charge in [-0.3, -0.25) is 4.99 Å². The number of ether oxygens (including phenoxy) is 3. The molecule has 1 aromatic carbocycles. The van der Waals surface area contributed by atoms with Crippen LogP contribution in [0, 0.1) is 0 Å².